The molecule has 1 N–H and O–H groups in total. The Kier molecular flexibility index (Phi) is 3.19. The second-order valence-corrected chi connectivity index (χ2v) is 5.78. The summed E-state index contributed by atoms with van der Waals surface area (Å²) < 4.78 is 1.28. The van der Waals surface area contributed by atoms with Gasteiger partial charge in [0.2, 0.25) is 0 Å². The molecule has 1 aromatic carbocycles. The summed E-state index contributed by atoms with van der Waals surface area (Å²) in [6, 6.07) is 5.59. The van der Waals surface area contributed by atoms with E-state index >= 15 is 0 Å². The van der Waals surface area contributed by atoms with Crippen LogP contribution < -0.4 is 0 Å². The van der Waals surface area contributed by atoms with Crippen LogP contribution in [0.3, 0.4) is 0 Å². The van der Waals surface area contributed by atoms with Crippen LogP contribution in [-0.2, 0) is 10.7 Å². The standard InChI is InChI=1S/C13H15BrN2O2/c1-13(2,3)11-15-10-8(7-14)5-4-6-9(10)16(11)12(17)18/h4-6H,7H2,1-3H3,(H,17,18). The van der Waals surface area contributed by atoms with E-state index < -0.39 is 6.09 Å². The number of hydrogen-bond acceptors (Lipinski definition) is 2. The zero-order valence-corrected chi connectivity index (χ0v) is 12.2. The Labute approximate surface area is 114 Å². The molecule has 0 radical (unpaired) electrons. The molecule has 0 amide bonds. The summed E-state index contributed by atoms with van der Waals surface area (Å²) in [6.45, 7) is 5.88. The largest absolute Gasteiger partial charge is 0.464 e. The fraction of sp³-hybridized carbons (Fsp3) is 0.385. The van der Waals surface area contributed by atoms with Gasteiger partial charge in [-0.2, -0.15) is 0 Å². The molecule has 5 heteroatoms. The van der Waals surface area contributed by atoms with Crippen molar-refractivity contribution in [2.24, 2.45) is 0 Å². The molecule has 0 spiro atoms. The van der Waals surface area contributed by atoms with Crippen molar-refractivity contribution in [1.82, 2.24) is 9.55 Å². The molecule has 0 saturated carbocycles. The lowest BCUT2D eigenvalue weighted by Crippen LogP contribution is -2.22. The van der Waals surface area contributed by atoms with E-state index in [0.717, 1.165) is 11.1 Å². The van der Waals surface area contributed by atoms with Gasteiger partial charge in [-0.3, -0.25) is 0 Å². The van der Waals surface area contributed by atoms with Gasteiger partial charge in [0.25, 0.3) is 0 Å². The van der Waals surface area contributed by atoms with Crippen LogP contribution in [0.5, 0.6) is 0 Å². The molecule has 0 fully saturated rings. The number of imidazole rings is 1. The number of hydrogen-bond donors (Lipinski definition) is 1. The predicted molar refractivity (Wildman–Crippen MR) is 74.5 cm³/mol. The molecule has 4 nitrogen and oxygen atoms in total. The van der Waals surface area contributed by atoms with Gasteiger partial charge < -0.3 is 5.11 Å². The molecule has 0 bridgehead atoms. The smallest absolute Gasteiger partial charge is 0.417 e. The number of carboxylic acid groups (broad SMARTS) is 1. The fourth-order valence-electron chi connectivity index (χ4n) is 1.96. The third-order valence-electron chi connectivity index (χ3n) is 2.77. The van der Waals surface area contributed by atoms with Crippen molar-refractivity contribution in [2.75, 3.05) is 0 Å². The number of para-hydroxylation sites is 1. The van der Waals surface area contributed by atoms with Crippen molar-refractivity contribution in [3.63, 3.8) is 0 Å². The van der Waals surface area contributed by atoms with Crippen LogP contribution in [0.4, 0.5) is 4.79 Å². The second kappa shape index (κ2) is 4.39. The number of aromatic nitrogens is 2. The first-order valence-electron chi connectivity index (χ1n) is 5.66. The maximum Gasteiger partial charge on any atom is 0.417 e. The van der Waals surface area contributed by atoms with E-state index in [2.05, 4.69) is 20.9 Å². The van der Waals surface area contributed by atoms with Gasteiger partial charge in [0.05, 0.1) is 11.0 Å². The first kappa shape index (κ1) is 13.1. The number of alkyl halides is 1. The number of carbonyl (C=O) groups is 1. The summed E-state index contributed by atoms with van der Waals surface area (Å²) >= 11 is 3.40. The molecule has 1 heterocycles. The van der Waals surface area contributed by atoms with Gasteiger partial charge in [0.1, 0.15) is 5.82 Å². The van der Waals surface area contributed by atoms with Gasteiger partial charge in [-0.15, -0.1) is 0 Å². The van der Waals surface area contributed by atoms with Crippen LogP contribution in [0.15, 0.2) is 18.2 Å². The number of rotatable bonds is 1. The van der Waals surface area contributed by atoms with Gasteiger partial charge in [0, 0.05) is 10.7 Å². The highest BCUT2D eigenvalue weighted by atomic mass is 79.9. The lowest BCUT2D eigenvalue weighted by molar-refractivity contribution is 0.195. The highest BCUT2D eigenvalue weighted by molar-refractivity contribution is 9.08. The zero-order chi connectivity index (χ0) is 13.5. The average molecular weight is 311 g/mol. The SMILES string of the molecule is CC(C)(C)c1nc2c(CBr)cccc2n1C(=O)O. The Hall–Kier alpha value is -1.36. The maximum absolute atomic E-state index is 11.5. The van der Waals surface area contributed by atoms with E-state index in [0.29, 0.717) is 16.7 Å². The average Bonchev–Trinajstić information content (AvgIpc) is 2.67. The van der Waals surface area contributed by atoms with Gasteiger partial charge in [0.15, 0.2) is 0 Å². The summed E-state index contributed by atoms with van der Waals surface area (Å²) in [6.07, 6.45) is -0.992. The van der Waals surface area contributed by atoms with Crippen molar-refractivity contribution >= 4 is 33.1 Å². The molecule has 2 aromatic rings. The van der Waals surface area contributed by atoms with Crippen molar-refractivity contribution in [1.29, 1.82) is 0 Å². The first-order valence-corrected chi connectivity index (χ1v) is 6.78. The Balaban J connectivity index is 2.87. The van der Waals surface area contributed by atoms with Crippen molar-refractivity contribution in [3.05, 3.63) is 29.6 Å². The Morgan fingerprint density at radius 3 is 2.61 bits per heavy atom. The summed E-state index contributed by atoms with van der Waals surface area (Å²) in [4.78, 5) is 16.0. The van der Waals surface area contributed by atoms with Crippen LogP contribution in [-0.4, -0.2) is 20.8 Å². The molecular weight excluding hydrogens is 296 g/mol. The zero-order valence-electron chi connectivity index (χ0n) is 10.6. The fourth-order valence-corrected chi connectivity index (χ4v) is 2.41. The molecule has 0 unspecified atom stereocenters. The van der Waals surface area contributed by atoms with E-state index in [1.165, 1.54) is 4.57 Å². The van der Waals surface area contributed by atoms with Gasteiger partial charge in [-0.05, 0) is 11.6 Å². The molecule has 0 saturated heterocycles. The second-order valence-electron chi connectivity index (χ2n) is 5.22. The molecule has 2 rings (SSSR count). The van der Waals surface area contributed by atoms with Crippen molar-refractivity contribution < 1.29 is 9.90 Å². The highest BCUT2D eigenvalue weighted by Crippen LogP contribution is 2.28. The quantitative estimate of drug-likeness (QED) is 0.816. The normalized spacial score (nSPS) is 12.0. The van der Waals surface area contributed by atoms with Gasteiger partial charge in [-0.25, -0.2) is 14.3 Å². The molecule has 1 aromatic heterocycles. The van der Waals surface area contributed by atoms with Crippen molar-refractivity contribution in [2.45, 2.75) is 31.5 Å². The Bertz CT molecular complexity index is 611. The van der Waals surface area contributed by atoms with Crippen LogP contribution in [0.1, 0.15) is 32.2 Å². The summed E-state index contributed by atoms with van der Waals surface area (Å²) in [7, 11) is 0. The predicted octanol–water partition coefficient (Wildman–Crippen LogP) is 3.75. The van der Waals surface area contributed by atoms with Crippen LogP contribution >= 0.6 is 15.9 Å². The molecule has 96 valence electrons. The van der Waals surface area contributed by atoms with E-state index in [-0.39, 0.29) is 5.41 Å². The Morgan fingerprint density at radius 1 is 1.44 bits per heavy atom. The van der Waals surface area contributed by atoms with E-state index in [1.54, 1.807) is 6.07 Å². The third-order valence-corrected chi connectivity index (χ3v) is 3.38. The number of benzene rings is 1. The topological polar surface area (TPSA) is 55.1 Å². The minimum atomic E-state index is -0.992. The summed E-state index contributed by atoms with van der Waals surface area (Å²) in [5, 5.41) is 10.0. The molecule has 0 aliphatic rings. The van der Waals surface area contributed by atoms with E-state index in [9.17, 15) is 9.90 Å². The monoisotopic (exact) mass is 310 g/mol. The lowest BCUT2D eigenvalue weighted by Gasteiger charge is -2.17. The number of nitrogens with zero attached hydrogens (tertiary/aromatic N) is 2. The molecule has 18 heavy (non-hydrogen) atoms. The van der Waals surface area contributed by atoms with Crippen LogP contribution in [0.2, 0.25) is 0 Å². The molecular formula is C13H15BrN2O2. The van der Waals surface area contributed by atoms with Gasteiger partial charge in [-0.1, -0.05) is 48.8 Å². The number of halogens is 1. The van der Waals surface area contributed by atoms with Crippen molar-refractivity contribution in [3.8, 4) is 0 Å². The molecule has 0 aliphatic heterocycles. The van der Waals surface area contributed by atoms with E-state index in [4.69, 9.17) is 0 Å². The minimum Gasteiger partial charge on any atom is -0.464 e. The third kappa shape index (κ3) is 2.03. The molecule has 0 atom stereocenters. The number of fused-ring (bicyclic) bond motifs is 1. The Morgan fingerprint density at radius 2 is 2.11 bits per heavy atom. The summed E-state index contributed by atoms with van der Waals surface area (Å²) in [5.74, 6) is 0.568. The lowest BCUT2D eigenvalue weighted by atomic mass is 9.96. The minimum absolute atomic E-state index is 0.318. The summed E-state index contributed by atoms with van der Waals surface area (Å²) in [5.41, 5.74) is 2.07. The molecule has 0 aliphatic carbocycles. The van der Waals surface area contributed by atoms with Crippen LogP contribution in [0.25, 0.3) is 11.0 Å². The van der Waals surface area contributed by atoms with Crippen LogP contribution in [0, 0.1) is 0 Å². The maximum atomic E-state index is 11.5. The van der Waals surface area contributed by atoms with Gasteiger partial charge >= 0.3 is 6.09 Å². The highest BCUT2D eigenvalue weighted by Gasteiger charge is 2.26. The van der Waals surface area contributed by atoms with E-state index in [1.807, 2.05) is 32.9 Å². The first-order chi connectivity index (χ1) is 8.36.